The van der Waals surface area contributed by atoms with Gasteiger partial charge in [0.1, 0.15) is 0 Å². The highest BCUT2D eigenvalue weighted by molar-refractivity contribution is 5.16. The average Bonchev–Trinajstić information content (AvgIpc) is 2.14. The van der Waals surface area contributed by atoms with Crippen molar-refractivity contribution in [3.8, 4) is 0 Å². The van der Waals surface area contributed by atoms with Gasteiger partial charge >= 0.3 is 0 Å². The Morgan fingerprint density at radius 1 is 2.00 bits per heavy atom. The first-order valence-corrected chi connectivity index (χ1v) is 2.49. The Labute approximate surface area is 49.0 Å². The Bertz CT molecular complexity index is 263. The average molecular weight is 110 g/mol. The molecule has 0 saturated heterocycles. The van der Waals surface area contributed by atoms with Gasteiger partial charge in [-0.15, -0.1) is 0 Å². The Hall–Kier alpha value is -1.05. The first-order valence-electron chi connectivity index (χ1n) is 2.49. The van der Waals surface area contributed by atoms with Crippen molar-refractivity contribution in [3.05, 3.63) is 16.8 Å². The van der Waals surface area contributed by atoms with E-state index < -0.39 is 0 Å². The topological polar surface area (TPSA) is 28.7 Å². The molecule has 0 aliphatic rings. The fraction of sp³-hybridized carbons (Fsp3) is 0.167. The number of aromatic amines is 1. The standard InChI is InChI=1S/C6H8N2.H2/c1-3-6-5(2)4-7-8-6;/h3-4,8H,2H2,1H3;1H/b6-3-;. The molecule has 44 valence electrons. The minimum absolute atomic E-state index is 0. The predicted molar refractivity (Wildman–Crippen MR) is 35.6 cm³/mol. The van der Waals surface area contributed by atoms with Crippen LogP contribution in [0.1, 0.15) is 8.35 Å². The smallest absolute Gasteiger partial charge is 0.0601 e. The molecule has 0 fully saturated rings. The maximum Gasteiger partial charge on any atom is 0.0601 e. The molecule has 0 radical (unpaired) electrons. The van der Waals surface area contributed by atoms with E-state index in [0.29, 0.717) is 0 Å². The van der Waals surface area contributed by atoms with Crippen LogP contribution in [-0.4, -0.2) is 10.2 Å². The molecule has 8 heavy (non-hydrogen) atoms. The van der Waals surface area contributed by atoms with E-state index in [1.165, 1.54) is 0 Å². The summed E-state index contributed by atoms with van der Waals surface area (Å²) in [5.74, 6) is 0. The summed E-state index contributed by atoms with van der Waals surface area (Å²) in [4.78, 5) is 0. The summed E-state index contributed by atoms with van der Waals surface area (Å²) < 4.78 is 0. The predicted octanol–water partition coefficient (Wildman–Crippen LogP) is -0.134. The molecule has 0 spiro atoms. The summed E-state index contributed by atoms with van der Waals surface area (Å²) >= 11 is 0. The van der Waals surface area contributed by atoms with Gasteiger partial charge in [0.05, 0.1) is 11.5 Å². The van der Waals surface area contributed by atoms with E-state index in [1.54, 1.807) is 6.20 Å². The van der Waals surface area contributed by atoms with E-state index in [9.17, 15) is 0 Å². The lowest BCUT2D eigenvalue weighted by atomic mass is 10.4. The maximum atomic E-state index is 3.77. The first-order chi connectivity index (χ1) is 3.84. The molecular weight excluding hydrogens is 100 g/mol. The molecule has 2 heteroatoms. The van der Waals surface area contributed by atoms with Crippen molar-refractivity contribution in [2.24, 2.45) is 0 Å². The van der Waals surface area contributed by atoms with Crippen LogP contribution in [0, 0.1) is 0 Å². The SMILES string of the molecule is C=c1cn[nH]/c1=C\C.[HH]. The lowest BCUT2D eigenvalue weighted by Gasteiger charge is -1.66. The second-order valence-electron chi connectivity index (χ2n) is 1.60. The molecule has 0 bridgehead atoms. The van der Waals surface area contributed by atoms with E-state index in [0.717, 1.165) is 10.6 Å². The molecule has 1 rings (SSSR count). The number of H-pyrrole nitrogens is 1. The second-order valence-corrected chi connectivity index (χ2v) is 1.60. The van der Waals surface area contributed by atoms with Crippen LogP contribution in [0.3, 0.4) is 0 Å². The molecular formula is C6H10N2. The van der Waals surface area contributed by atoms with E-state index in [4.69, 9.17) is 0 Å². The van der Waals surface area contributed by atoms with Crippen molar-refractivity contribution in [1.82, 2.24) is 10.2 Å². The number of rotatable bonds is 0. The molecule has 1 heterocycles. The van der Waals surface area contributed by atoms with Crippen LogP contribution < -0.4 is 10.6 Å². The highest BCUT2D eigenvalue weighted by atomic mass is 15.1. The zero-order valence-electron chi connectivity index (χ0n) is 4.81. The summed E-state index contributed by atoms with van der Waals surface area (Å²) in [5, 5.41) is 8.52. The normalized spacial score (nSPS) is 12.4. The lowest BCUT2D eigenvalue weighted by Crippen LogP contribution is -2.19. The molecule has 0 atom stereocenters. The Morgan fingerprint density at radius 2 is 2.75 bits per heavy atom. The van der Waals surface area contributed by atoms with Gasteiger partial charge in [-0.05, 0) is 6.92 Å². The van der Waals surface area contributed by atoms with Crippen LogP contribution in [-0.2, 0) is 0 Å². The van der Waals surface area contributed by atoms with Crippen LogP contribution in [0.4, 0.5) is 0 Å². The fourth-order valence-electron chi connectivity index (χ4n) is 0.571. The van der Waals surface area contributed by atoms with Crippen molar-refractivity contribution >= 4 is 12.7 Å². The molecule has 0 aliphatic carbocycles. The zero-order valence-corrected chi connectivity index (χ0v) is 4.81. The van der Waals surface area contributed by atoms with E-state index in [1.807, 2.05) is 13.0 Å². The fourth-order valence-corrected chi connectivity index (χ4v) is 0.571. The maximum absolute atomic E-state index is 3.77. The van der Waals surface area contributed by atoms with Crippen LogP contribution in [0.2, 0.25) is 0 Å². The molecule has 0 aliphatic heterocycles. The monoisotopic (exact) mass is 110 g/mol. The third kappa shape index (κ3) is 0.644. The number of nitrogens with zero attached hydrogens (tertiary/aromatic N) is 1. The number of nitrogens with one attached hydrogen (secondary N) is 1. The number of aromatic nitrogens is 2. The molecule has 0 amide bonds. The molecule has 1 aromatic heterocycles. The van der Waals surface area contributed by atoms with E-state index in [-0.39, 0.29) is 1.43 Å². The zero-order chi connectivity index (χ0) is 5.98. The minimum atomic E-state index is 0. The van der Waals surface area contributed by atoms with E-state index in [2.05, 4.69) is 16.8 Å². The van der Waals surface area contributed by atoms with Crippen molar-refractivity contribution in [3.63, 3.8) is 0 Å². The Balaban J connectivity index is 0.000000640. The van der Waals surface area contributed by atoms with Gasteiger partial charge < -0.3 is 0 Å². The Morgan fingerprint density at radius 3 is 3.00 bits per heavy atom. The molecule has 0 aromatic carbocycles. The lowest BCUT2D eigenvalue weighted by molar-refractivity contribution is 1.06. The summed E-state index contributed by atoms with van der Waals surface area (Å²) in [7, 11) is 0. The summed E-state index contributed by atoms with van der Waals surface area (Å²) in [5.41, 5.74) is 0. The summed E-state index contributed by atoms with van der Waals surface area (Å²) in [6, 6.07) is 0. The van der Waals surface area contributed by atoms with Gasteiger partial charge in [-0.1, -0.05) is 12.7 Å². The third-order valence-corrected chi connectivity index (χ3v) is 1.04. The first kappa shape index (κ1) is 5.09. The summed E-state index contributed by atoms with van der Waals surface area (Å²) in [6.07, 6.45) is 3.64. The van der Waals surface area contributed by atoms with Gasteiger partial charge in [-0.25, -0.2) is 0 Å². The van der Waals surface area contributed by atoms with Crippen molar-refractivity contribution in [1.29, 1.82) is 0 Å². The van der Waals surface area contributed by atoms with Crippen molar-refractivity contribution in [2.75, 3.05) is 0 Å². The van der Waals surface area contributed by atoms with Crippen molar-refractivity contribution < 1.29 is 1.43 Å². The van der Waals surface area contributed by atoms with Crippen LogP contribution in [0.15, 0.2) is 6.20 Å². The quantitative estimate of drug-likeness (QED) is 0.495. The molecule has 1 N–H and O–H groups in total. The molecule has 0 saturated carbocycles. The van der Waals surface area contributed by atoms with Gasteiger partial charge in [-0.2, -0.15) is 5.10 Å². The summed E-state index contributed by atoms with van der Waals surface area (Å²) in [6.45, 7) is 5.67. The second kappa shape index (κ2) is 1.82. The van der Waals surface area contributed by atoms with Gasteiger partial charge in [0.15, 0.2) is 0 Å². The minimum Gasteiger partial charge on any atom is -0.278 e. The van der Waals surface area contributed by atoms with Crippen molar-refractivity contribution in [2.45, 2.75) is 6.92 Å². The molecule has 0 unspecified atom stereocenters. The largest absolute Gasteiger partial charge is 0.278 e. The Kier molecular flexibility index (Phi) is 1.16. The van der Waals surface area contributed by atoms with Gasteiger partial charge in [0, 0.05) is 6.65 Å². The van der Waals surface area contributed by atoms with Gasteiger partial charge in [0.25, 0.3) is 0 Å². The van der Waals surface area contributed by atoms with E-state index >= 15 is 0 Å². The third-order valence-electron chi connectivity index (χ3n) is 1.04. The van der Waals surface area contributed by atoms with Gasteiger partial charge in [0.2, 0.25) is 0 Å². The number of hydrogen-bond donors (Lipinski definition) is 1. The highest BCUT2D eigenvalue weighted by Gasteiger charge is 1.76. The van der Waals surface area contributed by atoms with Crippen LogP contribution >= 0.6 is 0 Å². The molecule has 2 nitrogen and oxygen atoms in total. The highest BCUT2D eigenvalue weighted by Crippen LogP contribution is 1.51. The molecule has 1 aromatic rings. The van der Waals surface area contributed by atoms with Crippen LogP contribution in [0.25, 0.3) is 12.7 Å². The number of hydrogen-bond acceptors (Lipinski definition) is 1. The van der Waals surface area contributed by atoms with Gasteiger partial charge in [-0.3, -0.25) is 5.10 Å². The van der Waals surface area contributed by atoms with Crippen LogP contribution in [0.5, 0.6) is 0 Å².